The molecule has 7 nitrogen and oxygen atoms in total. The molecule has 2 aromatic carbocycles. The van der Waals surface area contributed by atoms with Gasteiger partial charge in [-0.05, 0) is 37.8 Å². The zero-order valence-electron chi connectivity index (χ0n) is 23.8. The van der Waals surface area contributed by atoms with Gasteiger partial charge >= 0.3 is 0 Å². The largest absolute Gasteiger partial charge is 0.354 e. The Morgan fingerprint density at radius 1 is 0.921 bits per heavy atom. The fourth-order valence-corrected chi connectivity index (χ4v) is 4.76. The number of hydrogen-bond acceptors (Lipinski definition) is 4. The van der Waals surface area contributed by atoms with Gasteiger partial charge in [0.05, 0.1) is 17.9 Å². The van der Waals surface area contributed by atoms with Gasteiger partial charge in [0.15, 0.2) is 0 Å². The van der Waals surface area contributed by atoms with Crippen LogP contribution in [0.3, 0.4) is 0 Å². The molecular weight excluding hydrogens is 474 g/mol. The molecule has 0 radical (unpaired) electrons. The Bertz CT molecular complexity index is 1210. The number of benzene rings is 2. The number of nitrogens with one attached hydrogen (secondary N) is 1. The molecule has 3 aromatic rings. The summed E-state index contributed by atoms with van der Waals surface area (Å²) in [7, 11) is 0. The maximum Gasteiger partial charge on any atom is 0.227 e. The Labute approximate surface area is 227 Å². The smallest absolute Gasteiger partial charge is 0.227 e. The molecule has 0 spiro atoms. The molecule has 38 heavy (non-hydrogen) atoms. The van der Waals surface area contributed by atoms with E-state index in [0.717, 1.165) is 53.2 Å². The van der Waals surface area contributed by atoms with Crippen molar-refractivity contribution >= 4 is 17.5 Å². The summed E-state index contributed by atoms with van der Waals surface area (Å²) in [5.41, 5.74) is 5.57. The van der Waals surface area contributed by atoms with Crippen LogP contribution in [0.15, 0.2) is 48.5 Å². The van der Waals surface area contributed by atoms with E-state index in [1.54, 1.807) is 4.90 Å². The molecule has 1 N–H and O–H groups in total. The van der Waals surface area contributed by atoms with Gasteiger partial charge < -0.3 is 10.2 Å². The van der Waals surface area contributed by atoms with Crippen LogP contribution in [0.4, 0.5) is 5.69 Å². The fraction of sp³-hybridized carbons (Fsp3) is 0.484. The van der Waals surface area contributed by atoms with Gasteiger partial charge in [-0.1, -0.05) is 88.2 Å². The normalized spacial score (nSPS) is 12.1. The zero-order valence-corrected chi connectivity index (χ0v) is 23.8. The van der Waals surface area contributed by atoms with Crippen molar-refractivity contribution in [1.29, 1.82) is 0 Å². The molecule has 1 aliphatic heterocycles. The second-order valence-corrected chi connectivity index (χ2v) is 10.3. The summed E-state index contributed by atoms with van der Waals surface area (Å²) in [5, 5.41) is 12.1. The third-order valence-electron chi connectivity index (χ3n) is 6.50. The van der Waals surface area contributed by atoms with E-state index in [1.165, 1.54) is 6.42 Å². The molecule has 0 bridgehead atoms. The second-order valence-electron chi connectivity index (χ2n) is 10.3. The van der Waals surface area contributed by atoms with Crippen molar-refractivity contribution in [2.24, 2.45) is 5.92 Å². The van der Waals surface area contributed by atoms with E-state index in [4.69, 9.17) is 0 Å². The summed E-state index contributed by atoms with van der Waals surface area (Å²) in [5.74, 6) is 0.497. The molecule has 0 saturated carbocycles. The highest BCUT2D eigenvalue weighted by Crippen LogP contribution is 2.41. The minimum absolute atomic E-state index is 0.0494. The highest BCUT2D eigenvalue weighted by molar-refractivity contribution is 6.01. The summed E-state index contributed by atoms with van der Waals surface area (Å²) < 4.78 is 2.03. The lowest BCUT2D eigenvalue weighted by Gasteiger charge is -2.28. The monoisotopic (exact) mass is 517 g/mol. The number of carbonyl (C=O) groups excluding carboxylic acids is 2. The Morgan fingerprint density at radius 3 is 2.32 bits per heavy atom. The Morgan fingerprint density at radius 2 is 1.61 bits per heavy atom. The molecular formula is C31H43N5O2. The zero-order chi connectivity index (χ0) is 27.7. The van der Waals surface area contributed by atoms with Gasteiger partial charge in [0, 0.05) is 36.6 Å². The van der Waals surface area contributed by atoms with Crippen LogP contribution in [0.5, 0.6) is 0 Å². The Balaban J connectivity index is 0.00000195. The molecule has 7 heteroatoms. The van der Waals surface area contributed by atoms with Crippen molar-refractivity contribution in [2.75, 3.05) is 4.90 Å². The number of carbonyl (C=O) groups is 2. The van der Waals surface area contributed by atoms with Crippen LogP contribution in [0.1, 0.15) is 79.2 Å². The maximum atomic E-state index is 13.5. The minimum atomic E-state index is -0.109. The van der Waals surface area contributed by atoms with Gasteiger partial charge in [0.1, 0.15) is 5.69 Å². The number of unbranched alkanes of at least 4 members (excludes halogenated alkanes) is 1. The van der Waals surface area contributed by atoms with Crippen LogP contribution in [-0.2, 0) is 22.7 Å². The van der Waals surface area contributed by atoms with Crippen LogP contribution in [0.25, 0.3) is 22.5 Å². The van der Waals surface area contributed by atoms with Gasteiger partial charge in [0.2, 0.25) is 11.8 Å². The van der Waals surface area contributed by atoms with E-state index in [1.807, 2.05) is 68.8 Å². The van der Waals surface area contributed by atoms with Crippen LogP contribution < -0.4 is 10.2 Å². The maximum absolute atomic E-state index is 13.5. The van der Waals surface area contributed by atoms with Crippen molar-refractivity contribution in [1.82, 2.24) is 20.3 Å². The molecule has 2 amide bonds. The molecule has 204 valence electrons. The molecule has 4 rings (SSSR count). The van der Waals surface area contributed by atoms with Crippen LogP contribution in [0.2, 0.25) is 0 Å². The molecule has 0 atom stereocenters. The predicted molar refractivity (Wildman–Crippen MR) is 155 cm³/mol. The third kappa shape index (κ3) is 7.09. The summed E-state index contributed by atoms with van der Waals surface area (Å²) in [6.45, 7) is 13.6. The summed E-state index contributed by atoms with van der Waals surface area (Å²) >= 11 is 0. The van der Waals surface area contributed by atoms with E-state index in [-0.39, 0.29) is 30.7 Å². The fourth-order valence-electron chi connectivity index (χ4n) is 4.76. The van der Waals surface area contributed by atoms with Gasteiger partial charge in [-0.15, -0.1) is 5.10 Å². The molecule has 2 heterocycles. The third-order valence-corrected chi connectivity index (χ3v) is 6.50. The molecule has 0 aliphatic carbocycles. The Hall–Kier alpha value is -3.48. The molecule has 0 saturated heterocycles. The lowest BCUT2D eigenvalue weighted by molar-refractivity contribution is -0.125. The van der Waals surface area contributed by atoms with Crippen LogP contribution in [0, 0.1) is 5.92 Å². The predicted octanol–water partition coefficient (Wildman–Crippen LogP) is 6.62. The topological polar surface area (TPSA) is 80.1 Å². The molecule has 0 unspecified atom stereocenters. The number of anilines is 1. The number of nitrogens with zero attached hydrogens (tertiary/aromatic N) is 4. The van der Waals surface area contributed by atoms with E-state index in [9.17, 15) is 9.59 Å². The molecule has 0 fully saturated rings. The number of aromatic nitrogens is 3. The van der Waals surface area contributed by atoms with Gasteiger partial charge in [0.25, 0.3) is 0 Å². The van der Waals surface area contributed by atoms with Crippen molar-refractivity contribution in [3.05, 3.63) is 54.1 Å². The van der Waals surface area contributed by atoms with Crippen molar-refractivity contribution < 1.29 is 9.59 Å². The molecule has 1 aromatic heterocycles. The number of amides is 2. The van der Waals surface area contributed by atoms with Crippen LogP contribution >= 0.6 is 0 Å². The summed E-state index contributed by atoms with van der Waals surface area (Å²) in [4.78, 5) is 27.5. The first-order valence-electron chi connectivity index (χ1n) is 14.1. The number of rotatable bonds is 9. The first-order valence-corrected chi connectivity index (χ1v) is 14.1. The summed E-state index contributed by atoms with van der Waals surface area (Å²) in [6.07, 6.45) is 3.69. The Kier molecular flexibility index (Phi) is 10.6. The van der Waals surface area contributed by atoms with Crippen molar-refractivity contribution in [3.8, 4) is 22.5 Å². The first-order chi connectivity index (χ1) is 18.3. The number of fused-ring (bicyclic) bond motifs is 5. The summed E-state index contributed by atoms with van der Waals surface area (Å²) in [6, 6.07) is 16.1. The van der Waals surface area contributed by atoms with Gasteiger partial charge in [-0.25, -0.2) is 4.68 Å². The van der Waals surface area contributed by atoms with E-state index < -0.39 is 0 Å². The standard InChI is InChI=1S/C29H37N5O2.C2H6/c1-20(2)11-9-10-18-34-29-23-13-6-5-12-22(23)19-33(27(36)17-16-26(35)30-21(3)4)25-15-8-7-14-24(25)28(29)31-32-34;1-2/h5-8,12-15,20-21H,9-11,16-19H2,1-4H3,(H,30,35);1-2H3. The lowest BCUT2D eigenvalue weighted by atomic mass is 9.95. The first kappa shape index (κ1) is 29.1. The highest BCUT2D eigenvalue weighted by Gasteiger charge is 2.29. The van der Waals surface area contributed by atoms with Crippen molar-refractivity contribution in [2.45, 2.75) is 92.8 Å². The second kappa shape index (κ2) is 13.9. The van der Waals surface area contributed by atoms with E-state index >= 15 is 0 Å². The van der Waals surface area contributed by atoms with E-state index in [0.29, 0.717) is 12.5 Å². The minimum Gasteiger partial charge on any atom is -0.354 e. The number of aryl methyl sites for hydroxylation is 1. The van der Waals surface area contributed by atoms with Crippen LogP contribution in [-0.4, -0.2) is 32.9 Å². The average Bonchev–Trinajstić information content (AvgIpc) is 3.31. The van der Waals surface area contributed by atoms with Gasteiger partial charge in [-0.2, -0.15) is 0 Å². The highest BCUT2D eigenvalue weighted by atomic mass is 16.2. The van der Waals surface area contributed by atoms with Gasteiger partial charge in [-0.3, -0.25) is 9.59 Å². The number of hydrogen-bond donors (Lipinski definition) is 1. The SMILES string of the molecule is CC.CC(C)CCCCn1nnc2c1-c1ccccc1CN(C(=O)CCC(=O)NC(C)C)c1ccccc1-2. The average molecular weight is 518 g/mol. The molecule has 1 aliphatic rings. The van der Waals surface area contributed by atoms with Crippen molar-refractivity contribution in [3.63, 3.8) is 0 Å². The quantitative estimate of drug-likeness (QED) is 0.324. The van der Waals surface area contributed by atoms with E-state index in [2.05, 4.69) is 41.6 Å². The lowest BCUT2D eigenvalue weighted by Crippen LogP contribution is -2.34. The number of para-hydroxylation sites is 1.